The Hall–Kier alpha value is -2.15. The van der Waals surface area contributed by atoms with Crippen LogP contribution in [-0.2, 0) is 10.0 Å². The molecule has 1 aromatic carbocycles. The fourth-order valence-corrected chi connectivity index (χ4v) is 2.85. The molecule has 20 heavy (non-hydrogen) atoms. The summed E-state index contributed by atoms with van der Waals surface area (Å²) in [4.78, 5) is 4.01. The van der Waals surface area contributed by atoms with E-state index in [9.17, 15) is 12.8 Å². The second kappa shape index (κ2) is 5.87. The van der Waals surface area contributed by atoms with Crippen molar-refractivity contribution in [3.63, 3.8) is 0 Å². The predicted octanol–water partition coefficient (Wildman–Crippen LogP) is 2.45. The molecule has 1 heterocycles. The Morgan fingerprint density at radius 3 is 2.75 bits per heavy atom. The average Bonchev–Trinajstić information content (AvgIpc) is 2.39. The molecule has 0 atom stereocenters. The van der Waals surface area contributed by atoms with E-state index in [0.29, 0.717) is 6.54 Å². The molecule has 5 nitrogen and oxygen atoms in total. The van der Waals surface area contributed by atoms with Crippen LogP contribution in [0.5, 0.6) is 0 Å². The standard InChI is InChI=1S/C13H14FN3O2S/c1-2-15-13-12(7-4-8-16-13)20(18,19)17-11-6-3-5-10(14)9-11/h3-9,17H,2H2,1H3,(H,15,16). The average molecular weight is 295 g/mol. The number of hydrogen-bond acceptors (Lipinski definition) is 4. The molecule has 2 N–H and O–H groups in total. The molecular weight excluding hydrogens is 281 g/mol. The maximum atomic E-state index is 13.1. The number of benzene rings is 1. The van der Waals surface area contributed by atoms with Gasteiger partial charge in [-0.15, -0.1) is 0 Å². The van der Waals surface area contributed by atoms with E-state index in [4.69, 9.17) is 0 Å². The third-order valence-electron chi connectivity index (χ3n) is 2.48. The minimum absolute atomic E-state index is 0.0195. The van der Waals surface area contributed by atoms with Crippen LogP contribution in [0.25, 0.3) is 0 Å². The summed E-state index contributed by atoms with van der Waals surface area (Å²) in [5.74, 6) is -0.248. The number of halogens is 1. The summed E-state index contributed by atoms with van der Waals surface area (Å²) in [6, 6.07) is 8.23. The highest BCUT2D eigenvalue weighted by molar-refractivity contribution is 7.92. The van der Waals surface area contributed by atoms with Gasteiger partial charge in [-0.25, -0.2) is 17.8 Å². The van der Waals surface area contributed by atoms with Crippen LogP contribution in [0, 0.1) is 5.82 Å². The molecule has 0 saturated heterocycles. The Balaban J connectivity index is 2.36. The van der Waals surface area contributed by atoms with Gasteiger partial charge in [-0.3, -0.25) is 4.72 Å². The van der Waals surface area contributed by atoms with E-state index >= 15 is 0 Å². The molecule has 0 saturated carbocycles. The summed E-state index contributed by atoms with van der Waals surface area (Å²) in [5.41, 5.74) is 0.163. The number of rotatable bonds is 5. The Morgan fingerprint density at radius 1 is 1.25 bits per heavy atom. The summed E-state index contributed by atoms with van der Waals surface area (Å²) in [6.45, 7) is 2.38. The van der Waals surface area contributed by atoms with Crippen molar-refractivity contribution in [3.05, 3.63) is 48.4 Å². The Kier molecular flexibility index (Phi) is 4.19. The molecule has 0 amide bonds. The van der Waals surface area contributed by atoms with E-state index in [1.807, 2.05) is 6.92 Å². The van der Waals surface area contributed by atoms with Crippen molar-refractivity contribution in [2.45, 2.75) is 11.8 Å². The number of hydrogen-bond donors (Lipinski definition) is 2. The molecule has 106 valence electrons. The fourth-order valence-electron chi connectivity index (χ4n) is 1.67. The largest absolute Gasteiger partial charge is 0.369 e. The lowest BCUT2D eigenvalue weighted by atomic mass is 10.3. The zero-order valence-electron chi connectivity index (χ0n) is 10.8. The van der Waals surface area contributed by atoms with Crippen molar-refractivity contribution in [2.24, 2.45) is 0 Å². The van der Waals surface area contributed by atoms with Crippen molar-refractivity contribution in [2.75, 3.05) is 16.6 Å². The molecule has 2 aromatic rings. The number of aromatic nitrogens is 1. The van der Waals surface area contributed by atoms with Crippen LogP contribution in [0.15, 0.2) is 47.5 Å². The van der Waals surface area contributed by atoms with Crippen molar-refractivity contribution in [3.8, 4) is 0 Å². The molecule has 7 heteroatoms. The molecule has 0 bridgehead atoms. The van der Waals surface area contributed by atoms with Crippen LogP contribution in [0.3, 0.4) is 0 Å². The lowest BCUT2D eigenvalue weighted by molar-refractivity contribution is 0.601. The lowest BCUT2D eigenvalue weighted by Crippen LogP contribution is -2.16. The highest BCUT2D eigenvalue weighted by atomic mass is 32.2. The van der Waals surface area contributed by atoms with Gasteiger partial charge in [0.05, 0.1) is 5.69 Å². The quantitative estimate of drug-likeness (QED) is 0.889. The highest BCUT2D eigenvalue weighted by Gasteiger charge is 2.19. The summed E-state index contributed by atoms with van der Waals surface area (Å²) in [5, 5.41) is 2.88. The van der Waals surface area contributed by atoms with Gasteiger partial charge in [0.15, 0.2) is 0 Å². The third kappa shape index (κ3) is 3.24. The van der Waals surface area contributed by atoms with Crippen LogP contribution >= 0.6 is 0 Å². The van der Waals surface area contributed by atoms with Gasteiger partial charge in [-0.05, 0) is 37.3 Å². The van der Waals surface area contributed by atoms with Gasteiger partial charge in [-0.1, -0.05) is 6.07 Å². The Morgan fingerprint density at radius 2 is 2.05 bits per heavy atom. The van der Waals surface area contributed by atoms with Crippen molar-refractivity contribution in [1.29, 1.82) is 0 Å². The molecule has 0 spiro atoms. The van der Waals surface area contributed by atoms with Gasteiger partial charge >= 0.3 is 0 Å². The lowest BCUT2D eigenvalue weighted by Gasteiger charge is -2.11. The Bertz CT molecular complexity index is 704. The number of nitrogens with zero attached hydrogens (tertiary/aromatic N) is 1. The van der Waals surface area contributed by atoms with Gasteiger partial charge in [0.2, 0.25) is 0 Å². The van der Waals surface area contributed by atoms with Crippen LogP contribution in [0.2, 0.25) is 0 Å². The van der Waals surface area contributed by atoms with E-state index in [-0.39, 0.29) is 16.4 Å². The smallest absolute Gasteiger partial charge is 0.265 e. The maximum Gasteiger partial charge on any atom is 0.265 e. The van der Waals surface area contributed by atoms with Crippen molar-refractivity contribution in [1.82, 2.24) is 4.98 Å². The predicted molar refractivity (Wildman–Crippen MR) is 75.6 cm³/mol. The second-order valence-electron chi connectivity index (χ2n) is 4.00. The molecule has 1 aromatic heterocycles. The minimum atomic E-state index is -3.82. The van der Waals surface area contributed by atoms with Gasteiger partial charge < -0.3 is 5.32 Å². The van der Waals surface area contributed by atoms with E-state index in [1.54, 1.807) is 0 Å². The van der Waals surface area contributed by atoms with E-state index in [0.717, 1.165) is 6.07 Å². The molecular formula is C13H14FN3O2S. The molecule has 0 fully saturated rings. The summed E-state index contributed by atoms with van der Waals surface area (Å²) < 4.78 is 40.0. The van der Waals surface area contributed by atoms with Gasteiger partial charge in [0.1, 0.15) is 16.5 Å². The van der Waals surface area contributed by atoms with E-state index in [2.05, 4.69) is 15.0 Å². The second-order valence-corrected chi connectivity index (χ2v) is 5.65. The molecule has 0 unspecified atom stereocenters. The van der Waals surface area contributed by atoms with Crippen molar-refractivity contribution >= 4 is 21.5 Å². The topological polar surface area (TPSA) is 71.1 Å². The van der Waals surface area contributed by atoms with Gasteiger partial charge in [0.25, 0.3) is 10.0 Å². The van der Waals surface area contributed by atoms with E-state index < -0.39 is 15.8 Å². The number of nitrogens with one attached hydrogen (secondary N) is 2. The van der Waals surface area contributed by atoms with Crippen LogP contribution in [-0.4, -0.2) is 19.9 Å². The van der Waals surface area contributed by atoms with Crippen LogP contribution in [0.1, 0.15) is 6.92 Å². The number of sulfonamides is 1. The van der Waals surface area contributed by atoms with Crippen LogP contribution < -0.4 is 10.0 Å². The summed E-state index contributed by atoms with van der Waals surface area (Å²) >= 11 is 0. The summed E-state index contributed by atoms with van der Waals surface area (Å²) in [6.07, 6.45) is 1.50. The Labute approximate surface area is 116 Å². The summed E-state index contributed by atoms with van der Waals surface area (Å²) in [7, 11) is -3.82. The van der Waals surface area contributed by atoms with Gasteiger partial charge in [0, 0.05) is 12.7 Å². The molecule has 0 radical (unpaired) electrons. The zero-order chi connectivity index (χ0) is 14.6. The SMILES string of the molecule is CCNc1ncccc1S(=O)(=O)Nc1cccc(F)c1. The first-order valence-electron chi connectivity index (χ1n) is 6.00. The third-order valence-corrected chi connectivity index (χ3v) is 3.89. The fraction of sp³-hybridized carbons (Fsp3) is 0.154. The van der Waals surface area contributed by atoms with Gasteiger partial charge in [-0.2, -0.15) is 0 Å². The van der Waals surface area contributed by atoms with E-state index in [1.165, 1.54) is 36.5 Å². The molecule has 0 aliphatic heterocycles. The first-order valence-corrected chi connectivity index (χ1v) is 7.48. The molecule has 0 aliphatic carbocycles. The minimum Gasteiger partial charge on any atom is -0.369 e. The monoisotopic (exact) mass is 295 g/mol. The molecule has 2 rings (SSSR count). The zero-order valence-corrected chi connectivity index (χ0v) is 11.6. The molecule has 0 aliphatic rings. The normalized spacial score (nSPS) is 11.1. The van der Waals surface area contributed by atoms with Crippen molar-refractivity contribution < 1.29 is 12.8 Å². The van der Waals surface area contributed by atoms with Crippen LogP contribution in [0.4, 0.5) is 15.9 Å². The number of anilines is 2. The first-order chi connectivity index (χ1) is 9.53. The number of pyridine rings is 1. The first kappa shape index (κ1) is 14.3. The maximum absolute atomic E-state index is 13.1. The highest BCUT2D eigenvalue weighted by Crippen LogP contribution is 2.21.